The van der Waals surface area contributed by atoms with Crippen molar-refractivity contribution in [3.8, 4) is 11.5 Å². The van der Waals surface area contributed by atoms with Crippen LogP contribution in [-0.4, -0.2) is 105 Å². The van der Waals surface area contributed by atoms with Gasteiger partial charge in [0.05, 0.1) is 19.4 Å². The number of carboxylic acid groups (broad SMARTS) is 1. The van der Waals surface area contributed by atoms with Crippen molar-refractivity contribution < 1.29 is 52.3 Å². The van der Waals surface area contributed by atoms with Crippen LogP contribution in [-0.2, 0) is 50.2 Å². The molecule has 0 unspecified atom stereocenters. The van der Waals surface area contributed by atoms with Gasteiger partial charge in [-0.15, -0.1) is 0 Å². The van der Waals surface area contributed by atoms with Gasteiger partial charge in [0, 0.05) is 10.7 Å². The number of phenols is 1. The molecule has 276 valence electrons. The summed E-state index contributed by atoms with van der Waals surface area (Å²) in [7, 11) is -0.872. The molecular formula is C33H43B2Br2N2O11P. The van der Waals surface area contributed by atoms with E-state index >= 15 is 0 Å². The number of carboxylic acids is 1. The van der Waals surface area contributed by atoms with Crippen LogP contribution in [0.2, 0.25) is 0 Å². The standard InChI is InChI=1S/C18H25BNO7P.C11H12BNO4.C4H6Br2/c1-3-26-28(24,27-4-2)12-6-5-11-25-16-9-7-15(8-10-16)13-17(18(21)22)20-14-19-23;1-17-11(15)10(13-7-12-16)6-8-2-4-9(14)5-3-8;5-3-1-2-4-6/h5-10,14,17H,3-4,11-13H2,1-2H3,(H,21,22);2-5,7,10,14H,6H2,1H3;1-2H,3-4H2/b6-5+,20-14?;;2-1+/t17-;10-;/m00./s1. The minimum absolute atomic E-state index is 0.153. The Bertz CT molecular complexity index is 1450. The molecule has 0 fully saturated rings. The zero-order valence-electron chi connectivity index (χ0n) is 28.7. The molecule has 0 radical (unpaired) electrons. The third-order valence-corrected chi connectivity index (χ3v) is 8.68. The first-order valence-electron chi connectivity index (χ1n) is 15.6. The Labute approximate surface area is 316 Å². The van der Waals surface area contributed by atoms with Crippen molar-refractivity contribution in [2.45, 2.75) is 38.8 Å². The van der Waals surface area contributed by atoms with E-state index in [9.17, 15) is 23.6 Å². The number of alkyl halides is 2. The SMILES string of the molecule is BrC/C=C/CBr.CCOP(=O)(C/C=C/COc1ccc(C[C@H](N=CB=O)C(=O)O)cc1)OCC.COC(=O)[C@H](Cc1ccc(O)cc1)N=CB=O. The van der Waals surface area contributed by atoms with Crippen molar-refractivity contribution in [2.24, 2.45) is 9.98 Å². The summed E-state index contributed by atoms with van der Waals surface area (Å²) in [6.45, 7) is 4.43. The number of aliphatic imine (C=N–C) groups is 2. The zero-order chi connectivity index (χ0) is 38.3. The normalized spacial score (nSPS) is 12.3. The maximum atomic E-state index is 12.3. The second-order valence-electron chi connectivity index (χ2n) is 9.67. The number of aliphatic carboxylic acids is 1. The molecule has 0 aliphatic carbocycles. The molecule has 0 amide bonds. The molecule has 13 nitrogen and oxygen atoms in total. The Morgan fingerprint density at radius 1 is 0.824 bits per heavy atom. The first-order valence-corrected chi connectivity index (χ1v) is 19.5. The van der Waals surface area contributed by atoms with Crippen LogP contribution < -0.4 is 4.74 Å². The van der Waals surface area contributed by atoms with Crippen LogP contribution in [0.15, 0.2) is 82.8 Å². The van der Waals surface area contributed by atoms with Gasteiger partial charge in [0.1, 0.15) is 0 Å². The first-order chi connectivity index (χ1) is 24.5. The molecule has 18 heteroatoms. The molecule has 2 atom stereocenters. The fourth-order valence-corrected chi connectivity index (χ4v) is 5.70. The van der Waals surface area contributed by atoms with Crippen molar-refractivity contribution in [1.29, 1.82) is 0 Å². The van der Waals surface area contributed by atoms with E-state index in [4.69, 9.17) is 24.0 Å². The van der Waals surface area contributed by atoms with Gasteiger partial charge >= 0.3 is 217 Å². The van der Waals surface area contributed by atoms with E-state index in [1.54, 1.807) is 62.4 Å². The molecule has 0 bridgehead atoms. The number of allylic oxidation sites excluding steroid dienone is 3. The van der Waals surface area contributed by atoms with E-state index in [0.29, 0.717) is 39.7 Å². The molecule has 0 saturated carbocycles. The molecular weight excluding hydrogens is 813 g/mol. The van der Waals surface area contributed by atoms with Gasteiger partial charge in [0.25, 0.3) is 0 Å². The predicted molar refractivity (Wildman–Crippen MR) is 206 cm³/mol. The summed E-state index contributed by atoms with van der Waals surface area (Å²) < 4.78 is 53.3. The summed E-state index contributed by atoms with van der Waals surface area (Å²) in [6, 6.07) is 11.6. The Balaban J connectivity index is 0.000000914. The fraction of sp³-hybridized carbons (Fsp3) is 0.394. The molecule has 0 heterocycles. The number of ether oxygens (including phenoxy) is 2. The van der Waals surface area contributed by atoms with Gasteiger partial charge in [-0.1, -0.05) is 44.0 Å². The Kier molecular flexibility index (Phi) is 28.3. The third-order valence-electron chi connectivity index (χ3n) is 5.97. The van der Waals surface area contributed by atoms with Gasteiger partial charge in [-0.05, 0) is 13.8 Å². The number of nitrogens with zero attached hydrogens (tertiary/aromatic N) is 2. The number of aromatic hydroxyl groups is 1. The van der Waals surface area contributed by atoms with E-state index in [1.807, 2.05) is 0 Å². The second-order valence-corrected chi connectivity index (χ2v) is 13.1. The molecule has 51 heavy (non-hydrogen) atoms. The molecule has 0 aliphatic heterocycles. The second kappa shape index (κ2) is 30.3. The average molecular weight is 856 g/mol. The Morgan fingerprint density at radius 3 is 1.76 bits per heavy atom. The van der Waals surface area contributed by atoms with Crippen molar-refractivity contribution in [3.63, 3.8) is 0 Å². The quantitative estimate of drug-likeness (QED) is 0.0383. The molecule has 2 aromatic rings. The summed E-state index contributed by atoms with van der Waals surface area (Å²) in [5, 5.41) is 20.1. The summed E-state index contributed by atoms with van der Waals surface area (Å²) in [4.78, 5) is 30.0. The minimum atomic E-state index is -3.09. The summed E-state index contributed by atoms with van der Waals surface area (Å²) in [5.41, 5.74) is 1.58. The summed E-state index contributed by atoms with van der Waals surface area (Å²) in [6.07, 6.45) is 10.2. The fourth-order valence-electron chi connectivity index (χ4n) is 3.69. The van der Waals surface area contributed by atoms with Crippen molar-refractivity contribution in [2.75, 3.05) is 43.8 Å². The summed E-state index contributed by atoms with van der Waals surface area (Å²) >= 11 is 6.49. The van der Waals surface area contributed by atoms with Gasteiger partial charge < -0.3 is 9.05 Å². The number of methoxy groups -OCH3 is 1. The Hall–Kier alpha value is -3.36. The molecule has 2 aromatic carbocycles. The number of carbonyl (C=O) groups excluding carboxylic acids is 1. The number of phenolic OH excluding ortho intramolecular Hbond substituents is 1. The number of hydrogen-bond donors (Lipinski definition) is 2. The van der Waals surface area contributed by atoms with Gasteiger partial charge in [0.2, 0.25) is 0 Å². The average Bonchev–Trinajstić information content (AvgIpc) is 3.12. The first kappa shape index (κ1) is 47.6. The maximum absolute atomic E-state index is 12.3. The van der Waals surface area contributed by atoms with E-state index in [-0.39, 0.29) is 24.9 Å². The number of carbonyl (C=O) groups is 2. The number of rotatable bonds is 21. The van der Waals surface area contributed by atoms with Crippen LogP contribution in [0.1, 0.15) is 25.0 Å². The van der Waals surface area contributed by atoms with Gasteiger partial charge in [0.15, 0.2) is 0 Å². The van der Waals surface area contributed by atoms with Crippen molar-refractivity contribution in [3.05, 3.63) is 84.0 Å². The van der Waals surface area contributed by atoms with Crippen LogP contribution in [0.3, 0.4) is 0 Å². The van der Waals surface area contributed by atoms with E-state index in [0.717, 1.165) is 34.0 Å². The number of hydrogen-bond acceptors (Lipinski definition) is 12. The van der Waals surface area contributed by atoms with Crippen LogP contribution in [0.25, 0.3) is 0 Å². The van der Waals surface area contributed by atoms with Crippen LogP contribution >= 0.6 is 39.5 Å². The third kappa shape index (κ3) is 23.7. The van der Waals surface area contributed by atoms with Gasteiger partial charge in [-0.25, -0.2) is 0 Å². The van der Waals surface area contributed by atoms with Gasteiger partial charge in [-0.2, -0.15) is 0 Å². The predicted octanol–water partition coefficient (Wildman–Crippen LogP) is 5.85. The van der Waals surface area contributed by atoms with E-state index < -0.39 is 31.6 Å². The van der Waals surface area contributed by atoms with E-state index in [1.165, 1.54) is 19.2 Å². The molecule has 2 rings (SSSR count). The van der Waals surface area contributed by atoms with Gasteiger partial charge in [-0.3, -0.25) is 4.57 Å². The number of halogens is 2. The molecule has 0 saturated heterocycles. The van der Waals surface area contributed by atoms with E-state index in [2.05, 4.69) is 58.7 Å². The molecule has 0 aromatic heterocycles. The molecule has 2 N–H and O–H groups in total. The zero-order valence-corrected chi connectivity index (χ0v) is 32.8. The Morgan fingerprint density at radius 2 is 1.31 bits per heavy atom. The van der Waals surface area contributed by atoms with Crippen LogP contribution in [0.4, 0.5) is 0 Å². The summed E-state index contributed by atoms with van der Waals surface area (Å²) in [5.74, 6) is -0.842. The van der Waals surface area contributed by atoms with Crippen LogP contribution in [0.5, 0.6) is 11.5 Å². The van der Waals surface area contributed by atoms with Crippen LogP contribution in [0, 0.1) is 0 Å². The molecule has 0 aliphatic rings. The monoisotopic (exact) mass is 854 g/mol. The van der Waals surface area contributed by atoms with Crippen molar-refractivity contribution in [1.82, 2.24) is 0 Å². The topological polar surface area (TPSA) is 187 Å². The number of benzene rings is 2. The molecule has 0 spiro atoms. The van der Waals surface area contributed by atoms with Crippen molar-refractivity contribution >= 4 is 77.9 Å². The number of esters is 1.